The Morgan fingerprint density at radius 2 is 2.38 bits per heavy atom. The largest absolute Gasteiger partial charge is 0.373 e. The number of carbonyl (C=O) groups is 1. The highest BCUT2D eigenvalue weighted by atomic mass is 16.5. The molecular formula is C16H21N3O2. The van der Waals surface area contributed by atoms with E-state index in [0.29, 0.717) is 13.0 Å². The van der Waals surface area contributed by atoms with Crippen molar-refractivity contribution in [2.24, 2.45) is 0 Å². The second-order valence-electron chi connectivity index (χ2n) is 5.93. The number of ether oxygens (including phenoxy) is 1. The van der Waals surface area contributed by atoms with Crippen LogP contribution in [-0.2, 0) is 16.0 Å². The van der Waals surface area contributed by atoms with Crippen LogP contribution in [0.4, 0.5) is 0 Å². The van der Waals surface area contributed by atoms with Gasteiger partial charge in [0.15, 0.2) is 0 Å². The molecule has 3 heterocycles. The van der Waals surface area contributed by atoms with Crippen molar-refractivity contribution in [1.82, 2.24) is 14.7 Å². The van der Waals surface area contributed by atoms with E-state index in [2.05, 4.69) is 17.2 Å². The van der Waals surface area contributed by atoms with Gasteiger partial charge in [-0.3, -0.25) is 4.79 Å². The fourth-order valence-corrected chi connectivity index (χ4v) is 2.85. The second-order valence-corrected chi connectivity index (χ2v) is 5.93. The summed E-state index contributed by atoms with van der Waals surface area (Å²) >= 11 is 0. The average molecular weight is 287 g/mol. The van der Waals surface area contributed by atoms with Crippen LogP contribution in [0.1, 0.15) is 31.2 Å². The SMILES string of the molecule is Cc1nc2ccccn2c1CC(=O)NC[C@]1(C)CCCO1. The molecule has 5 nitrogen and oxygen atoms in total. The number of nitrogens with one attached hydrogen (secondary N) is 1. The van der Waals surface area contributed by atoms with Gasteiger partial charge in [-0.25, -0.2) is 4.98 Å². The molecule has 2 aromatic heterocycles. The van der Waals surface area contributed by atoms with Crippen LogP contribution in [0, 0.1) is 6.92 Å². The number of aromatic nitrogens is 2. The minimum Gasteiger partial charge on any atom is -0.373 e. The zero-order valence-corrected chi connectivity index (χ0v) is 12.6. The summed E-state index contributed by atoms with van der Waals surface area (Å²) in [5.74, 6) is 0.0143. The Morgan fingerprint density at radius 1 is 1.52 bits per heavy atom. The maximum absolute atomic E-state index is 12.2. The lowest BCUT2D eigenvalue weighted by Crippen LogP contribution is -2.40. The highest BCUT2D eigenvalue weighted by Crippen LogP contribution is 2.23. The Bertz CT molecular complexity index is 657. The predicted molar refractivity (Wildman–Crippen MR) is 80.2 cm³/mol. The molecule has 1 saturated heterocycles. The molecule has 1 atom stereocenters. The van der Waals surface area contributed by atoms with Gasteiger partial charge >= 0.3 is 0 Å². The molecule has 5 heteroatoms. The van der Waals surface area contributed by atoms with Crippen LogP contribution >= 0.6 is 0 Å². The first-order valence-corrected chi connectivity index (χ1v) is 7.41. The van der Waals surface area contributed by atoms with E-state index in [-0.39, 0.29) is 11.5 Å². The summed E-state index contributed by atoms with van der Waals surface area (Å²) in [6.45, 7) is 5.36. The topological polar surface area (TPSA) is 55.6 Å². The summed E-state index contributed by atoms with van der Waals surface area (Å²) in [6, 6.07) is 5.84. The Morgan fingerprint density at radius 3 is 3.14 bits per heavy atom. The molecule has 2 aromatic rings. The lowest BCUT2D eigenvalue weighted by Gasteiger charge is -2.23. The van der Waals surface area contributed by atoms with E-state index >= 15 is 0 Å². The van der Waals surface area contributed by atoms with Crippen molar-refractivity contribution < 1.29 is 9.53 Å². The van der Waals surface area contributed by atoms with Crippen molar-refractivity contribution in [3.05, 3.63) is 35.8 Å². The zero-order valence-electron chi connectivity index (χ0n) is 12.6. The molecule has 1 N–H and O–H groups in total. The van der Waals surface area contributed by atoms with Gasteiger partial charge in [-0.15, -0.1) is 0 Å². The third-order valence-electron chi connectivity index (χ3n) is 4.12. The number of carbonyl (C=O) groups excluding carboxylic acids is 1. The maximum Gasteiger partial charge on any atom is 0.226 e. The van der Waals surface area contributed by atoms with Crippen LogP contribution in [-0.4, -0.2) is 34.0 Å². The van der Waals surface area contributed by atoms with Crippen LogP contribution in [0.2, 0.25) is 0 Å². The first-order valence-electron chi connectivity index (χ1n) is 7.41. The molecule has 1 aliphatic rings. The van der Waals surface area contributed by atoms with E-state index in [9.17, 15) is 4.79 Å². The van der Waals surface area contributed by atoms with Crippen molar-refractivity contribution in [2.45, 2.75) is 38.7 Å². The van der Waals surface area contributed by atoms with Crippen LogP contribution in [0.5, 0.6) is 0 Å². The standard InChI is InChI=1S/C16H21N3O2/c1-12-13(19-8-4-3-6-14(19)18-12)10-15(20)17-11-16(2)7-5-9-21-16/h3-4,6,8H,5,7,9-11H2,1-2H3,(H,17,20)/t16-/m0/s1. The van der Waals surface area contributed by atoms with Gasteiger partial charge in [0, 0.05) is 19.3 Å². The van der Waals surface area contributed by atoms with Crippen molar-refractivity contribution >= 4 is 11.6 Å². The molecule has 1 fully saturated rings. The Balaban J connectivity index is 1.67. The summed E-state index contributed by atoms with van der Waals surface area (Å²) < 4.78 is 7.66. The van der Waals surface area contributed by atoms with Gasteiger partial charge < -0.3 is 14.5 Å². The van der Waals surface area contributed by atoms with Gasteiger partial charge in [0.2, 0.25) is 5.91 Å². The molecule has 0 unspecified atom stereocenters. The Kier molecular flexibility index (Phi) is 3.68. The van der Waals surface area contributed by atoms with Gasteiger partial charge in [0.1, 0.15) is 5.65 Å². The zero-order chi connectivity index (χ0) is 14.9. The summed E-state index contributed by atoms with van der Waals surface area (Å²) in [6.07, 6.45) is 4.35. The van der Waals surface area contributed by atoms with E-state index < -0.39 is 0 Å². The molecule has 112 valence electrons. The van der Waals surface area contributed by atoms with Crippen LogP contribution in [0.25, 0.3) is 5.65 Å². The molecule has 0 bridgehead atoms. The average Bonchev–Trinajstić information content (AvgIpc) is 3.03. The molecule has 1 aliphatic heterocycles. The van der Waals surface area contributed by atoms with Crippen LogP contribution < -0.4 is 5.32 Å². The quantitative estimate of drug-likeness (QED) is 0.934. The smallest absolute Gasteiger partial charge is 0.226 e. The molecule has 1 amide bonds. The first kappa shape index (κ1) is 14.1. The van der Waals surface area contributed by atoms with E-state index in [4.69, 9.17) is 4.74 Å². The molecule has 0 saturated carbocycles. The number of imidazole rings is 1. The highest BCUT2D eigenvalue weighted by molar-refractivity contribution is 5.78. The number of aryl methyl sites for hydroxylation is 1. The van der Waals surface area contributed by atoms with Crippen molar-refractivity contribution in [2.75, 3.05) is 13.2 Å². The molecule has 0 radical (unpaired) electrons. The Hall–Kier alpha value is -1.88. The van der Waals surface area contributed by atoms with E-state index in [1.54, 1.807) is 0 Å². The molecule has 21 heavy (non-hydrogen) atoms. The minimum absolute atomic E-state index is 0.0143. The lowest BCUT2D eigenvalue weighted by atomic mass is 10.0. The molecule has 0 aromatic carbocycles. The summed E-state index contributed by atoms with van der Waals surface area (Å²) in [5.41, 5.74) is 2.52. The molecule has 3 rings (SSSR count). The van der Waals surface area contributed by atoms with E-state index in [1.165, 1.54) is 0 Å². The number of hydrogen-bond donors (Lipinski definition) is 1. The number of fused-ring (bicyclic) bond motifs is 1. The Labute approximate surface area is 124 Å². The van der Waals surface area contributed by atoms with Gasteiger partial charge in [0.25, 0.3) is 0 Å². The van der Waals surface area contributed by atoms with Crippen LogP contribution in [0.3, 0.4) is 0 Å². The number of rotatable bonds is 4. The number of nitrogens with zero attached hydrogens (tertiary/aromatic N) is 2. The molecule has 0 aliphatic carbocycles. The first-order chi connectivity index (χ1) is 10.1. The summed E-state index contributed by atoms with van der Waals surface area (Å²) in [5, 5.41) is 2.99. The second kappa shape index (κ2) is 5.48. The number of hydrogen-bond acceptors (Lipinski definition) is 3. The monoisotopic (exact) mass is 287 g/mol. The highest BCUT2D eigenvalue weighted by Gasteiger charge is 2.30. The predicted octanol–water partition coefficient (Wildman–Crippen LogP) is 1.87. The third kappa shape index (κ3) is 2.93. The summed E-state index contributed by atoms with van der Waals surface area (Å²) in [7, 11) is 0. The van der Waals surface area contributed by atoms with E-state index in [1.807, 2.05) is 35.7 Å². The third-order valence-corrected chi connectivity index (χ3v) is 4.12. The van der Waals surface area contributed by atoms with E-state index in [0.717, 1.165) is 36.5 Å². The van der Waals surface area contributed by atoms with Gasteiger partial charge in [0.05, 0.1) is 23.4 Å². The minimum atomic E-state index is -0.204. The normalized spacial score (nSPS) is 21.8. The van der Waals surface area contributed by atoms with Gasteiger partial charge in [-0.2, -0.15) is 0 Å². The van der Waals surface area contributed by atoms with Crippen molar-refractivity contribution in [3.8, 4) is 0 Å². The lowest BCUT2D eigenvalue weighted by molar-refractivity contribution is -0.121. The van der Waals surface area contributed by atoms with Gasteiger partial charge in [-0.1, -0.05) is 6.07 Å². The van der Waals surface area contributed by atoms with Gasteiger partial charge in [-0.05, 0) is 38.8 Å². The fraction of sp³-hybridized carbons (Fsp3) is 0.500. The number of pyridine rings is 1. The maximum atomic E-state index is 12.2. The molecule has 0 spiro atoms. The summed E-state index contributed by atoms with van der Waals surface area (Å²) in [4.78, 5) is 16.7. The van der Waals surface area contributed by atoms with Crippen LogP contribution in [0.15, 0.2) is 24.4 Å². The van der Waals surface area contributed by atoms with Crippen molar-refractivity contribution in [3.63, 3.8) is 0 Å². The molecular weight excluding hydrogens is 266 g/mol. The fourth-order valence-electron chi connectivity index (χ4n) is 2.85. The van der Waals surface area contributed by atoms with Crippen molar-refractivity contribution in [1.29, 1.82) is 0 Å². The number of amides is 1.